The third-order valence-electron chi connectivity index (χ3n) is 2.92. The van der Waals surface area contributed by atoms with Crippen LogP contribution in [0.4, 0.5) is 0 Å². The molecule has 3 rings (SSSR count). The topological polar surface area (TPSA) is 33.1 Å². The Morgan fingerprint density at radius 1 is 1.22 bits per heavy atom. The van der Waals surface area contributed by atoms with Crippen molar-refractivity contribution in [3.8, 4) is 0 Å². The zero-order valence-electron chi connectivity index (χ0n) is 9.93. The number of nitrogens with one attached hydrogen (secondary N) is 1. The summed E-state index contributed by atoms with van der Waals surface area (Å²) in [5, 5.41) is 0. The highest BCUT2D eigenvalue weighted by Crippen LogP contribution is 2.22. The maximum absolute atomic E-state index is 4.53. The van der Waals surface area contributed by atoms with Crippen LogP contribution in [0.1, 0.15) is 11.4 Å². The van der Waals surface area contributed by atoms with Crippen LogP contribution >= 0.6 is 0 Å². The lowest BCUT2D eigenvalue weighted by Gasteiger charge is -1.95. The smallest absolute Gasteiger partial charge is 0.213 e. The van der Waals surface area contributed by atoms with Crippen molar-refractivity contribution >= 4 is 29.0 Å². The Labute approximate surface area is 105 Å². The highest BCUT2D eigenvalue weighted by Gasteiger charge is 2.11. The Balaban J connectivity index is 2.44. The van der Waals surface area contributed by atoms with E-state index < -0.39 is 0 Å². The van der Waals surface area contributed by atoms with Crippen LogP contribution in [0.2, 0.25) is 0 Å². The number of allylic oxidation sites excluding steroid dienone is 2. The summed E-state index contributed by atoms with van der Waals surface area (Å²) in [5.74, 6) is 0.829. The van der Waals surface area contributed by atoms with Crippen molar-refractivity contribution in [2.45, 2.75) is 0 Å². The van der Waals surface area contributed by atoms with E-state index in [4.69, 9.17) is 0 Å². The second-order valence-corrected chi connectivity index (χ2v) is 3.98. The molecule has 0 spiro atoms. The van der Waals surface area contributed by atoms with Crippen LogP contribution in [-0.2, 0) is 0 Å². The van der Waals surface area contributed by atoms with Crippen LogP contribution in [0.25, 0.3) is 29.0 Å². The lowest BCUT2D eigenvalue weighted by molar-refractivity contribution is 1.23. The van der Waals surface area contributed by atoms with E-state index >= 15 is 0 Å². The lowest BCUT2D eigenvalue weighted by atomic mass is 10.2. The molecule has 0 bridgehead atoms. The van der Waals surface area contributed by atoms with Gasteiger partial charge in [-0.2, -0.15) is 0 Å². The monoisotopic (exact) mass is 235 g/mol. The third-order valence-corrected chi connectivity index (χ3v) is 2.92. The van der Waals surface area contributed by atoms with Crippen molar-refractivity contribution in [3.63, 3.8) is 0 Å². The number of H-pyrrole nitrogens is 1. The Hall–Kier alpha value is -2.55. The van der Waals surface area contributed by atoms with Crippen LogP contribution in [0.5, 0.6) is 0 Å². The first kappa shape index (κ1) is 10.6. The van der Waals surface area contributed by atoms with E-state index in [1.807, 2.05) is 30.4 Å². The van der Waals surface area contributed by atoms with Crippen molar-refractivity contribution in [1.29, 1.82) is 0 Å². The summed E-state index contributed by atoms with van der Waals surface area (Å²) in [5.41, 5.74) is 4.06. The number of aromatic amines is 1. The maximum Gasteiger partial charge on any atom is 0.213 e. The Bertz CT molecular complexity index is 772. The van der Waals surface area contributed by atoms with Gasteiger partial charge in [0.1, 0.15) is 0 Å². The van der Waals surface area contributed by atoms with Crippen LogP contribution in [0.15, 0.2) is 49.6 Å². The first-order valence-corrected chi connectivity index (χ1v) is 5.76. The third kappa shape index (κ3) is 1.41. The summed E-state index contributed by atoms with van der Waals surface area (Å²) < 4.78 is 2.09. The average molecular weight is 235 g/mol. The highest BCUT2D eigenvalue weighted by molar-refractivity contribution is 5.82. The summed E-state index contributed by atoms with van der Waals surface area (Å²) in [4.78, 5) is 7.82. The molecule has 2 heterocycles. The number of hydrogen-bond acceptors (Lipinski definition) is 1. The average Bonchev–Trinajstić information content (AvgIpc) is 2.91. The maximum atomic E-state index is 4.53. The number of rotatable bonds is 3. The second kappa shape index (κ2) is 4.04. The molecule has 2 aromatic heterocycles. The minimum Gasteiger partial charge on any atom is -0.323 e. The van der Waals surface area contributed by atoms with Gasteiger partial charge in [0.05, 0.1) is 22.4 Å². The van der Waals surface area contributed by atoms with E-state index in [1.165, 1.54) is 0 Å². The Morgan fingerprint density at radius 2 is 2.06 bits per heavy atom. The van der Waals surface area contributed by atoms with E-state index in [0.29, 0.717) is 0 Å². The summed E-state index contributed by atoms with van der Waals surface area (Å²) >= 11 is 0. The standard InChI is InChI=1S/C15H13N3/c1-3-5-9-13-11(4-2)16-15-17-12-8-6-7-10-14(12)18(13)15/h3-10H,1-2H2,(H,16,17)/b9-5-. The molecule has 0 saturated carbocycles. The molecule has 0 amide bonds. The zero-order chi connectivity index (χ0) is 12.5. The number of para-hydroxylation sites is 2. The summed E-state index contributed by atoms with van der Waals surface area (Å²) in [6, 6.07) is 8.13. The summed E-state index contributed by atoms with van der Waals surface area (Å²) in [6.45, 7) is 7.50. The Morgan fingerprint density at radius 3 is 2.83 bits per heavy atom. The van der Waals surface area contributed by atoms with Gasteiger partial charge in [-0.15, -0.1) is 0 Å². The van der Waals surface area contributed by atoms with Gasteiger partial charge in [-0.3, -0.25) is 4.40 Å². The largest absolute Gasteiger partial charge is 0.323 e. The molecule has 0 radical (unpaired) electrons. The first-order chi connectivity index (χ1) is 8.85. The molecule has 0 aliphatic carbocycles. The van der Waals surface area contributed by atoms with Crippen molar-refractivity contribution in [2.24, 2.45) is 0 Å². The van der Waals surface area contributed by atoms with Crippen molar-refractivity contribution in [3.05, 3.63) is 61.0 Å². The van der Waals surface area contributed by atoms with E-state index in [0.717, 1.165) is 28.2 Å². The van der Waals surface area contributed by atoms with Gasteiger partial charge in [-0.25, -0.2) is 4.98 Å². The quantitative estimate of drug-likeness (QED) is 0.690. The SMILES string of the molecule is C=C/C=C\c1c(C=C)nc2[nH]c3ccccc3n12. The normalized spacial score (nSPS) is 11.6. The molecule has 0 aliphatic heterocycles. The molecule has 0 saturated heterocycles. The molecule has 0 aliphatic rings. The van der Waals surface area contributed by atoms with Gasteiger partial charge in [0, 0.05) is 0 Å². The van der Waals surface area contributed by atoms with Crippen molar-refractivity contribution in [2.75, 3.05) is 0 Å². The molecule has 3 heteroatoms. The van der Waals surface area contributed by atoms with Gasteiger partial charge in [-0.05, 0) is 24.3 Å². The number of nitrogens with zero attached hydrogens (tertiary/aromatic N) is 2. The minimum atomic E-state index is 0.829. The fourth-order valence-corrected chi connectivity index (χ4v) is 2.14. The molecule has 3 aromatic rings. The molecule has 3 nitrogen and oxygen atoms in total. The summed E-state index contributed by atoms with van der Waals surface area (Å²) in [6.07, 6.45) is 7.40. The number of benzene rings is 1. The zero-order valence-corrected chi connectivity index (χ0v) is 9.93. The Kier molecular flexibility index (Phi) is 2.38. The minimum absolute atomic E-state index is 0.829. The van der Waals surface area contributed by atoms with E-state index in [-0.39, 0.29) is 0 Å². The molecule has 0 fully saturated rings. The van der Waals surface area contributed by atoms with Gasteiger partial charge >= 0.3 is 0 Å². The van der Waals surface area contributed by atoms with Crippen LogP contribution < -0.4 is 0 Å². The van der Waals surface area contributed by atoms with Gasteiger partial charge in [-0.1, -0.05) is 37.4 Å². The van der Waals surface area contributed by atoms with Gasteiger partial charge in [0.15, 0.2) is 0 Å². The molecule has 0 atom stereocenters. The molecule has 88 valence electrons. The molecule has 0 unspecified atom stereocenters. The molecule has 1 aromatic carbocycles. The van der Waals surface area contributed by atoms with E-state index in [9.17, 15) is 0 Å². The molecular formula is C15H13N3. The number of aromatic nitrogens is 3. The van der Waals surface area contributed by atoms with Crippen molar-refractivity contribution < 1.29 is 0 Å². The fraction of sp³-hybridized carbons (Fsp3) is 0. The summed E-state index contributed by atoms with van der Waals surface area (Å²) in [7, 11) is 0. The van der Waals surface area contributed by atoms with Crippen LogP contribution in [0, 0.1) is 0 Å². The predicted octanol–water partition coefficient (Wildman–Crippen LogP) is 3.66. The fourth-order valence-electron chi connectivity index (χ4n) is 2.14. The lowest BCUT2D eigenvalue weighted by Crippen LogP contribution is -1.85. The first-order valence-electron chi connectivity index (χ1n) is 5.76. The van der Waals surface area contributed by atoms with Gasteiger partial charge in [0.2, 0.25) is 5.78 Å². The van der Waals surface area contributed by atoms with Gasteiger partial charge in [0.25, 0.3) is 0 Å². The van der Waals surface area contributed by atoms with Crippen LogP contribution in [-0.4, -0.2) is 14.4 Å². The van der Waals surface area contributed by atoms with E-state index in [1.54, 1.807) is 12.2 Å². The molecular weight excluding hydrogens is 222 g/mol. The van der Waals surface area contributed by atoms with Crippen molar-refractivity contribution in [1.82, 2.24) is 14.4 Å². The number of fused-ring (bicyclic) bond motifs is 3. The highest BCUT2D eigenvalue weighted by atomic mass is 15.1. The van der Waals surface area contributed by atoms with E-state index in [2.05, 4.69) is 33.6 Å². The van der Waals surface area contributed by atoms with Gasteiger partial charge < -0.3 is 4.98 Å². The molecule has 1 N–H and O–H groups in total. The number of hydrogen-bond donors (Lipinski definition) is 1. The number of imidazole rings is 2. The predicted molar refractivity (Wildman–Crippen MR) is 76.4 cm³/mol. The second-order valence-electron chi connectivity index (χ2n) is 3.98. The van der Waals surface area contributed by atoms with Crippen LogP contribution in [0.3, 0.4) is 0 Å². The molecule has 18 heavy (non-hydrogen) atoms.